The van der Waals surface area contributed by atoms with Gasteiger partial charge in [-0.05, 0) is 19.1 Å². The van der Waals surface area contributed by atoms with Crippen LogP contribution in [0.15, 0.2) is 54.7 Å². The molecule has 3 aromatic rings. The van der Waals surface area contributed by atoms with E-state index in [1.165, 1.54) is 5.56 Å². The van der Waals surface area contributed by atoms with Crippen LogP contribution in [0.2, 0.25) is 0 Å². The standard InChI is InChI=1S/C18H18N2O/c1-13-7-8-17(16(10-13)11-19)21-12-15-5-2-4-14-6-3-9-20-18(14)15/h2-10H,11-12,19H2,1H3. The van der Waals surface area contributed by atoms with Crippen LogP contribution in [0, 0.1) is 6.92 Å². The highest BCUT2D eigenvalue weighted by molar-refractivity contribution is 5.81. The zero-order valence-corrected chi connectivity index (χ0v) is 12.0. The number of benzene rings is 2. The number of ether oxygens (including phenoxy) is 1. The first-order valence-electron chi connectivity index (χ1n) is 7.03. The Balaban J connectivity index is 1.87. The Labute approximate surface area is 124 Å². The van der Waals surface area contributed by atoms with Gasteiger partial charge >= 0.3 is 0 Å². The second-order valence-electron chi connectivity index (χ2n) is 5.10. The van der Waals surface area contributed by atoms with Crippen LogP contribution in [0.3, 0.4) is 0 Å². The van der Waals surface area contributed by atoms with E-state index in [9.17, 15) is 0 Å². The van der Waals surface area contributed by atoms with Gasteiger partial charge in [0.25, 0.3) is 0 Å². The van der Waals surface area contributed by atoms with Crippen molar-refractivity contribution in [1.82, 2.24) is 4.98 Å². The Kier molecular flexibility index (Phi) is 3.84. The molecule has 0 amide bonds. The van der Waals surface area contributed by atoms with Gasteiger partial charge in [-0.15, -0.1) is 0 Å². The Morgan fingerprint density at radius 3 is 2.76 bits per heavy atom. The summed E-state index contributed by atoms with van der Waals surface area (Å²) in [4.78, 5) is 4.45. The van der Waals surface area contributed by atoms with Crippen molar-refractivity contribution in [2.45, 2.75) is 20.1 Å². The molecule has 0 aliphatic heterocycles. The minimum absolute atomic E-state index is 0.477. The van der Waals surface area contributed by atoms with Gasteiger partial charge in [0.15, 0.2) is 0 Å². The van der Waals surface area contributed by atoms with E-state index >= 15 is 0 Å². The molecule has 2 aromatic carbocycles. The average molecular weight is 278 g/mol. The molecule has 3 rings (SSSR count). The summed E-state index contributed by atoms with van der Waals surface area (Å²) in [6.07, 6.45) is 1.81. The SMILES string of the molecule is Cc1ccc(OCc2cccc3cccnc23)c(CN)c1. The predicted octanol–water partition coefficient (Wildman–Crippen LogP) is 3.58. The summed E-state index contributed by atoms with van der Waals surface area (Å²) >= 11 is 0. The van der Waals surface area contributed by atoms with Gasteiger partial charge in [0, 0.05) is 29.3 Å². The number of aryl methyl sites for hydroxylation is 1. The minimum Gasteiger partial charge on any atom is -0.488 e. The van der Waals surface area contributed by atoms with E-state index in [2.05, 4.69) is 30.1 Å². The van der Waals surface area contributed by atoms with Crippen molar-refractivity contribution >= 4 is 10.9 Å². The number of aromatic nitrogens is 1. The lowest BCUT2D eigenvalue weighted by Crippen LogP contribution is -2.03. The summed E-state index contributed by atoms with van der Waals surface area (Å²) in [7, 11) is 0. The number of hydrogen-bond acceptors (Lipinski definition) is 3. The Hall–Kier alpha value is -2.39. The molecule has 106 valence electrons. The maximum absolute atomic E-state index is 5.96. The molecule has 0 radical (unpaired) electrons. The number of nitrogens with zero attached hydrogens (tertiary/aromatic N) is 1. The van der Waals surface area contributed by atoms with Crippen LogP contribution in [-0.2, 0) is 13.2 Å². The zero-order valence-electron chi connectivity index (χ0n) is 12.0. The van der Waals surface area contributed by atoms with Gasteiger partial charge < -0.3 is 10.5 Å². The smallest absolute Gasteiger partial charge is 0.124 e. The Morgan fingerprint density at radius 2 is 1.90 bits per heavy atom. The van der Waals surface area contributed by atoms with Gasteiger partial charge in [0.2, 0.25) is 0 Å². The fourth-order valence-electron chi connectivity index (χ4n) is 2.45. The minimum atomic E-state index is 0.477. The lowest BCUT2D eigenvalue weighted by atomic mass is 10.1. The number of nitrogens with two attached hydrogens (primary N) is 1. The first kappa shape index (κ1) is 13.6. The van der Waals surface area contributed by atoms with Crippen molar-refractivity contribution < 1.29 is 4.74 Å². The number of para-hydroxylation sites is 1. The second-order valence-corrected chi connectivity index (χ2v) is 5.10. The van der Waals surface area contributed by atoms with E-state index in [0.29, 0.717) is 13.2 Å². The van der Waals surface area contributed by atoms with Crippen LogP contribution >= 0.6 is 0 Å². The molecule has 0 fully saturated rings. The molecule has 21 heavy (non-hydrogen) atoms. The Morgan fingerprint density at radius 1 is 1.05 bits per heavy atom. The molecule has 1 aromatic heterocycles. The average Bonchev–Trinajstić information content (AvgIpc) is 2.53. The predicted molar refractivity (Wildman–Crippen MR) is 85.1 cm³/mol. The fraction of sp³-hybridized carbons (Fsp3) is 0.167. The molecule has 0 atom stereocenters. The summed E-state index contributed by atoms with van der Waals surface area (Å²) in [5.41, 5.74) is 10.1. The van der Waals surface area contributed by atoms with Crippen molar-refractivity contribution in [2.24, 2.45) is 5.73 Å². The van der Waals surface area contributed by atoms with E-state index in [4.69, 9.17) is 10.5 Å². The second kappa shape index (κ2) is 5.94. The first-order chi connectivity index (χ1) is 10.3. The van der Waals surface area contributed by atoms with E-state index in [0.717, 1.165) is 27.8 Å². The van der Waals surface area contributed by atoms with Gasteiger partial charge in [0.1, 0.15) is 12.4 Å². The largest absolute Gasteiger partial charge is 0.488 e. The van der Waals surface area contributed by atoms with E-state index in [1.54, 1.807) is 0 Å². The van der Waals surface area contributed by atoms with E-state index in [1.807, 2.05) is 36.5 Å². The van der Waals surface area contributed by atoms with Gasteiger partial charge in [-0.3, -0.25) is 4.98 Å². The third-order valence-corrected chi connectivity index (χ3v) is 3.54. The van der Waals surface area contributed by atoms with Gasteiger partial charge in [-0.25, -0.2) is 0 Å². The number of pyridine rings is 1. The lowest BCUT2D eigenvalue weighted by molar-refractivity contribution is 0.304. The van der Waals surface area contributed by atoms with Crippen molar-refractivity contribution in [3.63, 3.8) is 0 Å². The highest BCUT2D eigenvalue weighted by atomic mass is 16.5. The number of hydrogen-bond donors (Lipinski definition) is 1. The molecule has 1 heterocycles. The van der Waals surface area contributed by atoms with Crippen LogP contribution < -0.4 is 10.5 Å². The molecular formula is C18H18N2O. The van der Waals surface area contributed by atoms with Gasteiger partial charge in [-0.2, -0.15) is 0 Å². The molecule has 3 heteroatoms. The molecule has 3 nitrogen and oxygen atoms in total. The molecular weight excluding hydrogens is 260 g/mol. The number of fused-ring (bicyclic) bond motifs is 1. The molecule has 0 aliphatic rings. The van der Waals surface area contributed by atoms with Crippen LogP contribution in [0.1, 0.15) is 16.7 Å². The molecule has 0 saturated carbocycles. The fourth-order valence-corrected chi connectivity index (χ4v) is 2.45. The highest BCUT2D eigenvalue weighted by Crippen LogP contribution is 2.22. The molecule has 2 N–H and O–H groups in total. The quantitative estimate of drug-likeness (QED) is 0.793. The third-order valence-electron chi connectivity index (χ3n) is 3.54. The summed E-state index contributed by atoms with van der Waals surface area (Å²) < 4.78 is 5.96. The van der Waals surface area contributed by atoms with E-state index < -0.39 is 0 Å². The van der Waals surface area contributed by atoms with Crippen LogP contribution in [0.4, 0.5) is 0 Å². The molecule has 0 saturated heterocycles. The molecule has 0 aliphatic carbocycles. The monoisotopic (exact) mass is 278 g/mol. The third kappa shape index (κ3) is 2.88. The summed E-state index contributed by atoms with van der Waals surface area (Å²) in [6, 6.07) is 16.2. The number of rotatable bonds is 4. The van der Waals surface area contributed by atoms with E-state index in [-0.39, 0.29) is 0 Å². The normalized spacial score (nSPS) is 10.8. The van der Waals surface area contributed by atoms with Crippen LogP contribution in [0.5, 0.6) is 5.75 Å². The van der Waals surface area contributed by atoms with Crippen molar-refractivity contribution in [1.29, 1.82) is 0 Å². The van der Waals surface area contributed by atoms with Crippen molar-refractivity contribution in [3.05, 3.63) is 71.4 Å². The lowest BCUT2D eigenvalue weighted by Gasteiger charge is -2.12. The first-order valence-corrected chi connectivity index (χ1v) is 7.03. The van der Waals surface area contributed by atoms with Crippen molar-refractivity contribution in [3.8, 4) is 5.75 Å². The maximum Gasteiger partial charge on any atom is 0.124 e. The Bertz CT molecular complexity index is 763. The topological polar surface area (TPSA) is 48.1 Å². The maximum atomic E-state index is 5.96. The summed E-state index contributed by atoms with van der Waals surface area (Å²) in [5, 5.41) is 1.13. The molecule has 0 bridgehead atoms. The van der Waals surface area contributed by atoms with Crippen molar-refractivity contribution in [2.75, 3.05) is 0 Å². The highest BCUT2D eigenvalue weighted by Gasteiger charge is 2.06. The summed E-state index contributed by atoms with van der Waals surface area (Å²) in [6.45, 7) is 3.02. The molecule has 0 unspecified atom stereocenters. The van der Waals surface area contributed by atoms with Crippen LogP contribution in [0.25, 0.3) is 10.9 Å². The zero-order chi connectivity index (χ0) is 14.7. The van der Waals surface area contributed by atoms with Crippen LogP contribution in [-0.4, -0.2) is 4.98 Å². The summed E-state index contributed by atoms with van der Waals surface area (Å²) in [5.74, 6) is 0.844. The van der Waals surface area contributed by atoms with Gasteiger partial charge in [0.05, 0.1) is 5.52 Å². The molecule has 0 spiro atoms. The van der Waals surface area contributed by atoms with Gasteiger partial charge in [-0.1, -0.05) is 42.0 Å².